The molecule has 4 aromatic rings. The van der Waals surface area contributed by atoms with E-state index in [1.807, 2.05) is 26.2 Å². The van der Waals surface area contributed by atoms with Crippen molar-refractivity contribution in [1.82, 2.24) is 35.5 Å². The molecule has 3 fully saturated rings. The molecule has 2 amide bonds. The Kier molecular flexibility index (Phi) is 8.60. The lowest BCUT2D eigenvalue weighted by atomic mass is 10.0. The second-order valence-electron chi connectivity index (χ2n) is 12.6. The van der Waals surface area contributed by atoms with Crippen molar-refractivity contribution in [2.45, 2.75) is 55.3 Å². The van der Waals surface area contributed by atoms with Gasteiger partial charge in [0, 0.05) is 48.1 Å². The molecule has 3 saturated heterocycles. The summed E-state index contributed by atoms with van der Waals surface area (Å²) in [5, 5.41) is 15.3. The maximum atomic E-state index is 13.3. The minimum atomic E-state index is -1.19. The van der Waals surface area contributed by atoms with Crippen LogP contribution < -0.4 is 10.6 Å². The van der Waals surface area contributed by atoms with Crippen LogP contribution in [0.15, 0.2) is 60.9 Å². The van der Waals surface area contributed by atoms with Crippen molar-refractivity contribution in [2.75, 3.05) is 24.6 Å². The Morgan fingerprint density at radius 1 is 0.913 bits per heavy atom. The van der Waals surface area contributed by atoms with Crippen molar-refractivity contribution in [3.05, 3.63) is 72.6 Å². The topological polar surface area (TPSA) is 139 Å². The number of thioether (sulfide) groups is 2. The van der Waals surface area contributed by atoms with Crippen molar-refractivity contribution in [3.63, 3.8) is 0 Å². The number of aromatic amines is 2. The Balaban J connectivity index is 1.01. The van der Waals surface area contributed by atoms with Gasteiger partial charge in [-0.25, -0.2) is 14.8 Å². The molecule has 2 aromatic heterocycles. The predicted molar refractivity (Wildman–Crippen MR) is 184 cm³/mol. The van der Waals surface area contributed by atoms with Crippen molar-refractivity contribution < 1.29 is 14.7 Å². The fourth-order valence-corrected chi connectivity index (χ4v) is 9.95. The molecule has 3 aliphatic rings. The van der Waals surface area contributed by atoms with Gasteiger partial charge in [-0.2, -0.15) is 0 Å². The second-order valence-corrected chi connectivity index (χ2v) is 15.8. The lowest BCUT2D eigenvalue weighted by Crippen LogP contribution is -2.50. The van der Waals surface area contributed by atoms with E-state index in [2.05, 4.69) is 92.7 Å². The number of H-pyrrole nitrogens is 2. The van der Waals surface area contributed by atoms with Crippen LogP contribution in [0.2, 0.25) is 0 Å². The summed E-state index contributed by atoms with van der Waals surface area (Å²) in [6.07, 6.45) is 5.42. The highest BCUT2D eigenvalue weighted by Crippen LogP contribution is 2.51. The van der Waals surface area contributed by atoms with Crippen LogP contribution in [-0.2, 0) is 4.79 Å². The third-order valence-corrected chi connectivity index (χ3v) is 12.7. The molecular weight excluding hydrogens is 619 g/mol. The molecule has 0 radical (unpaired) electrons. The molecule has 5 heterocycles. The van der Waals surface area contributed by atoms with Crippen LogP contribution in [0.3, 0.4) is 0 Å². The molecule has 3 aliphatic heterocycles. The summed E-state index contributed by atoms with van der Waals surface area (Å²) < 4.78 is 0.311. The van der Waals surface area contributed by atoms with Gasteiger partial charge in [-0.15, -0.1) is 23.5 Å². The largest absolute Gasteiger partial charge is 0.465 e. The number of nitrogens with one attached hydrogen (secondary N) is 4. The van der Waals surface area contributed by atoms with Crippen LogP contribution in [0.1, 0.15) is 56.8 Å². The Labute approximate surface area is 277 Å². The minimum Gasteiger partial charge on any atom is -0.465 e. The quantitative estimate of drug-likeness (QED) is 0.149. The Bertz CT molecular complexity index is 1700. The van der Waals surface area contributed by atoms with Gasteiger partial charge in [0.1, 0.15) is 17.7 Å². The van der Waals surface area contributed by atoms with E-state index >= 15 is 0 Å². The molecule has 1 spiro atoms. The van der Waals surface area contributed by atoms with Crippen molar-refractivity contribution in [2.24, 2.45) is 5.92 Å². The summed E-state index contributed by atoms with van der Waals surface area (Å²) in [7, 11) is 0. The average molecular weight is 658 g/mol. The number of rotatable bonds is 8. The second kappa shape index (κ2) is 12.8. The van der Waals surface area contributed by atoms with Crippen molar-refractivity contribution in [1.29, 1.82) is 0 Å². The predicted octanol–water partition coefficient (Wildman–Crippen LogP) is 6.30. The zero-order valence-electron chi connectivity index (χ0n) is 26.0. The standard InChI is InChI=1S/C34H39N7O3S2/c1-20(2)29(40-33(43)44)32(42)41-13-3-4-28(41)31-36-18-27(39-31)24-11-7-22(8-12-24)21-5-9-23(10-6-21)26-17-35-30(38-26)25-16-34(19-37-25)45-14-15-46-34/h5-12,17-18,20,25,28-29,37,40H,3-4,13-16,19H2,1-2H3,(H,35,38)(H,36,39)(H,43,44)/t25-,28-,29-/m0/s1. The third kappa shape index (κ3) is 6.17. The molecule has 46 heavy (non-hydrogen) atoms. The summed E-state index contributed by atoms with van der Waals surface area (Å²) in [6, 6.07) is 16.1. The van der Waals surface area contributed by atoms with Gasteiger partial charge < -0.3 is 30.6 Å². The number of carbonyl (C=O) groups is 2. The van der Waals surface area contributed by atoms with E-state index in [1.165, 1.54) is 11.5 Å². The van der Waals surface area contributed by atoms with Crippen LogP contribution in [-0.4, -0.2) is 76.7 Å². The molecule has 0 aliphatic carbocycles. The van der Waals surface area contributed by atoms with E-state index < -0.39 is 12.1 Å². The number of aromatic nitrogens is 4. The van der Waals surface area contributed by atoms with Gasteiger partial charge >= 0.3 is 6.09 Å². The van der Waals surface area contributed by atoms with Crippen molar-refractivity contribution in [3.8, 4) is 33.6 Å². The summed E-state index contributed by atoms with van der Waals surface area (Å²) in [4.78, 5) is 42.9. The van der Waals surface area contributed by atoms with Crippen LogP contribution in [0.25, 0.3) is 33.6 Å². The SMILES string of the molecule is CC(C)[C@H](NC(=O)O)C(=O)N1CCC[C@H]1c1nc(-c2ccc(-c3ccc(-c4c[nH]c([C@@H]5CC6(CN5)SCCS6)n4)cc3)cc2)c[nH]1. The molecule has 12 heteroatoms. The van der Waals surface area contributed by atoms with Gasteiger partial charge in [-0.05, 0) is 36.3 Å². The van der Waals surface area contributed by atoms with Gasteiger partial charge in [-0.3, -0.25) is 4.79 Å². The summed E-state index contributed by atoms with van der Waals surface area (Å²) >= 11 is 4.17. The number of nitrogens with zero attached hydrogens (tertiary/aromatic N) is 3. The Morgan fingerprint density at radius 2 is 1.48 bits per heavy atom. The molecular formula is C34H39N7O3S2. The highest BCUT2D eigenvalue weighted by Gasteiger charge is 2.44. The number of benzene rings is 2. The molecule has 0 bridgehead atoms. The number of carboxylic acid groups (broad SMARTS) is 1. The zero-order chi connectivity index (χ0) is 31.8. The van der Waals surface area contributed by atoms with Crippen LogP contribution in [0, 0.1) is 5.92 Å². The van der Waals surface area contributed by atoms with Crippen LogP contribution in [0.5, 0.6) is 0 Å². The van der Waals surface area contributed by atoms with Crippen LogP contribution >= 0.6 is 23.5 Å². The molecule has 240 valence electrons. The van der Waals surface area contributed by atoms with Gasteiger partial charge in [0.25, 0.3) is 0 Å². The van der Waals surface area contributed by atoms with Gasteiger partial charge in [0.15, 0.2) is 0 Å². The molecule has 5 N–H and O–H groups in total. The first-order chi connectivity index (χ1) is 22.3. The Hall–Kier alpha value is -3.74. The summed E-state index contributed by atoms with van der Waals surface area (Å²) in [6.45, 7) is 5.30. The number of hydrogen-bond acceptors (Lipinski definition) is 7. The Morgan fingerprint density at radius 3 is 2.07 bits per heavy atom. The molecule has 3 atom stereocenters. The van der Waals surface area contributed by atoms with Gasteiger partial charge in [0.05, 0.1) is 27.6 Å². The lowest BCUT2D eigenvalue weighted by Gasteiger charge is -2.29. The molecule has 7 rings (SSSR count). The number of amides is 2. The van der Waals surface area contributed by atoms with E-state index in [4.69, 9.17) is 9.97 Å². The lowest BCUT2D eigenvalue weighted by molar-refractivity contribution is -0.135. The maximum Gasteiger partial charge on any atom is 0.405 e. The third-order valence-electron chi connectivity index (χ3n) is 9.23. The maximum absolute atomic E-state index is 13.3. The highest BCUT2D eigenvalue weighted by molar-refractivity contribution is 8.21. The average Bonchev–Trinajstić information content (AvgIpc) is 3.90. The van der Waals surface area contributed by atoms with E-state index in [9.17, 15) is 14.7 Å². The first kappa shape index (κ1) is 30.9. The normalized spacial score (nSPS) is 21.3. The highest BCUT2D eigenvalue weighted by atomic mass is 32.2. The van der Waals surface area contributed by atoms with E-state index in [0.29, 0.717) is 10.6 Å². The summed E-state index contributed by atoms with van der Waals surface area (Å²) in [5.74, 6) is 3.84. The molecule has 10 nitrogen and oxygen atoms in total. The van der Waals surface area contributed by atoms with Crippen LogP contribution in [0.4, 0.5) is 4.79 Å². The van der Waals surface area contributed by atoms with E-state index in [0.717, 1.165) is 71.1 Å². The van der Waals surface area contributed by atoms with Gasteiger partial charge in [-0.1, -0.05) is 62.4 Å². The minimum absolute atomic E-state index is 0.160. The van der Waals surface area contributed by atoms with E-state index in [1.54, 1.807) is 4.90 Å². The molecule has 0 unspecified atom stereocenters. The first-order valence-corrected chi connectivity index (χ1v) is 17.9. The summed E-state index contributed by atoms with van der Waals surface area (Å²) in [5.41, 5.74) is 6.06. The smallest absolute Gasteiger partial charge is 0.405 e. The monoisotopic (exact) mass is 657 g/mol. The zero-order valence-corrected chi connectivity index (χ0v) is 27.6. The number of imidazole rings is 2. The molecule has 0 saturated carbocycles. The fourth-order valence-electron chi connectivity index (χ4n) is 6.77. The fraction of sp³-hybridized carbons (Fsp3) is 0.412. The number of carbonyl (C=O) groups excluding carboxylic acids is 1. The first-order valence-electron chi connectivity index (χ1n) is 15.9. The number of hydrogen-bond donors (Lipinski definition) is 5. The van der Waals surface area contributed by atoms with Gasteiger partial charge in [0.2, 0.25) is 5.91 Å². The molecule has 2 aromatic carbocycles. The van der Waals surface area contributed by atoms with E-state index in [-0.39, 0.29) is 23.9 Å². The van der Waals surface area contributed by atoms with Crippen molar-refractivity contribution >= 4 is 35.5 Å². The number of likely N-dealkylation sites (tertiary alicyclic amines) is 1.